The van der Waals surface area contributed by atoms with E-state index in [0.717, 1.165) is 12.1 Å². The number of anilines is 1. The van der Waals surface area contributed by atoms with E-state index >= 15 is 0 Å². The average molecular weight is 380 g/mol. The van der Waals surface area contributed by atoms with E-state index in [4.69, 9.17) is 5.11 Å². The number of amides is 1. The predicted molar refractivity (Wildman–Crippen MR) is 64.5 cm³/mol. The van der Waals surface area contributed by atoms with Crippen molar-refractivity contribution in [1.29, 1.82) is 0 Å². The topological polar surface area (TPSA) is 49.3 Å². The van der Waals surface area contributed by atoms with Crippen molar-refractivity contribution in [3.63, 3.8) is 0 Å². The molecule has 3 nitrogen and oxygen atoms in total. The maximum absolute atomic E-state index is 12.8. The molecule has 1 aromatic rings. The molecule has 118 valence electrons. The SMILES string of the molecule is CC(O)(C(=O)Nc1ccc(Br)cc1C(F)(F)F)C(F)(F)F. The number of carbonyl (C=O) groups is 1. The van der Waals surface area contributed by atoms with Gasteiger partial charge < -0.3 is 10.4 Å². The lowest BCUT2D eigenvalue weighted by molar-refractivity contribution is -0.242. The first-order valence-corrected chi connectivity index (χ1v) is 6.03. The van der Waals surface area contributed by atoms with Gasteiger partial charge in [-0.1, -0.05) is 15.9 Å². The predicted octanol–water partition coefficient (Wildman–Crippen LogP) is 3.72. The van der Waals surface area contributed by atoms with Crippen LogP contribution in [0.15, 0.2) is 22.7 Å². The van der Waals surface area contributed by atoms with Gasteiger partial charge in [0.05, 0.1) is 11.3 Å². The average Bonchev–Trinajstić information content (AvgIpc) is 2.28. The second-order valence-corrected chi connectivity index (χ2v) is 5.13. The van der Waals surface area contributed by atoms with Crippen molar-refractivity contribution in [3.8, 4) is 0 Å². The molecule has 21 heavy (non-hydrogen) atoms. The number of hydrogen-bond donors (Lipinski definition) is 2. The van der Waals surface area contributed by atoms with Crippen molar-refractivity contribution >= 4 is 27.5 Å². The minimum Gasteiger partial charge on any atom is -0.373 e. The maximum Gasteiger partial charge on any atom is 0.426 e. The van der Waals surface area contributed by atoms with Gasteiger partial charge in [0, 0.05) is 4.47 Å². The number of carbonyl (C=O) groups excluding carboxylic acids is 1. The standard InChI is InChI=1S/C11H8BrF6NO2/c1-9(21,11(16,17)18)8(20)19-7-3-2-5(12)4-6(7)10(13,14)15/h2-4,21H,1H3,(H,19,20). The van der Waals surface area contributed by atoms with Crippen LogP contribution in [-0.4, -0.2) is 22.8 Å². The molecule has 1 amide bonds. The molecule has 10 heteroatoms. The highest BCUT2D eigenvalue weighted by Crippen LogP contribution is 2.38. The van der Waals surface area contributed by atoms with Crippen LogP contribution in [0.5, 0.6) is 0 Å². The van der Waals surface area contributed by atoms with E-state index in [1.54, 1.807) is 0 Å². The molecule has 0 aliphatic carbocycles. The number of nitrogens with one attached hydrogen (secondary N) is 1. The number of halogens is 7. The fraction of sp³-hybridized carbons (Fsp3) is 0.364. The van der Waals surface area contributed by atoms with Gasteiger partial charge in [-0.25, -0.2) is 0 Å². The molecule has 1 unspecified atom stereocenters. The number of aliphatic hydroxyl groups is 1. The molecule has 0 radical (unpaired) electrons. The molecular formula is C11H8BrF6NO2. The van der Waals surface area contributed by atoms with Crippen LogP contribution in [0.4, 0.5) is 32.0 Å². The van der Waals surface area contributed by atoms with Crippen LogP contribution < -0.4 is 5.32 Å². The Hall–Kier alpha value is -1.29. The molecule has 0 saturated carbocycles. The van der Waals surface area contributed by atoms with Crippen molar-refractivity contribution < 1.29 is 36.2 Å². The molecule has 1 aromatic carbocycles. The van der Waals surface area contributed by atoms with Gasteiger partial charge in [-0.15, -0.1) is 0 Å². The fourth-order valence-electron chi connectivity index (χ4n) is 1.23. The van der Waals surface area contributed by atoms with Crippen molar-refractivity contribution in [2.45, 2.75) is 24.9 Å². The van der Waals surface area contributed by atoms with Crippen molar-refractivity contribution in [2.24, 2.45) is 0 Å². The molecule has 0 spiro atoms. The van der Waals surface area contributed by atoms with Crippen LogP contribution in [0.3, 0.4) is 0 Å². The number of benzene rings is 1. The molecule has 1 atom stereocenters. The van der Waals surface area contributed by atoms with Gasteiger partial charge in [-0.05, 0) is 25.1 Å². The summed E-state index contributed by atoms with van der Waals surface area (Å²) in [5, 5.41) is 10.5. The van der Waals surface area contributed by atoms with Gasteiger partial charge in [-0.3, -0.25) is 4.79 Å². The number of hydrogen-bond acceptors (Lipinski definition) is 2. The Kier molecular flexibility index (Phi) is 4.64. The Balaban J connectivity index is 3.18. The molecular weight excluding hydrogens is 372 g/mol. The highest BCUT2D eigenvalue weighted by molar-refractivity contribution is 9.10. The van der Waals surface area contributed by atoms with Gasteiger partial charge in [0.15, 0.2) is 0 Å². The van der Waals surface area contributed by atoms with Crippen molar-refractivity contribution in [1.82, 2.24) is 0 Å². The van der Waals surface area contributed by atoms with E-state index < -0.39 is 35.1 Å². The van der Waals surface area contributed by atoms with Gasteiger partial charge >= 0.3 is 12.4 Å². The first-order chi connectivity index (χ1) is 9.26. The first kappa shape index (κ1) is 17.8. The molecule has 0 bridgehead atoms. The summed E-state index contributed by atoms with van der Waals surface area (Å²) in [6.45, 7) is 0.147. The van der Waals surface area contributed by atoms with Crippen molar-refractivity contribution in [3.05, 3.63) is 28.2 Å². The highest BCUT2D eigenvalue weighted by atomic mass is 79.9. The summed E-state index contributed by atoms with van der Waals surface area (Å²) in [5.41, 5.74) is -6.05. The highest BCUT2D eigenvalue weighted by Gasteiger charge is 2.56. The Morgan fingerprint density at radius 1 is 1.19 bits per heavy atom. The first-order valence-electron chi connectivity index (χ1n) is 5.24. The molecule has 2 N–H and O–H groups in total. The van der Waals surface area contributed by atoms with Crippen LogP contribution in [0.2, 0.25) is 0 Å². The van der Waals surface area contributed by atoms with E-state index in [-0.39, 0.29) is 11.4 Å². The Bertz CT molecular complexity index is 553. The quantitative estimate of drug-likeness (QED) is 0.769. The summed E-state index contributed by atoms with van der Waals surface area (Å²) < 4.78 is 75.6. The van der Waals surface area contributed by atoms with E-state index in [1.165, 1.54) is 5.32 Å². The lowest BCUT2D eigenvalue weighted by Crippen LogP contribution is -2.52. The third-order valence-corrected chi connectivity index (χ3v) is 3.02. The monoisotopic (exact) mass is 379 g/mol. The lowest BCUT2D eigenvalue weighted by atomic mass is 10.0. The second-order valence-electron chi connectivity index (χ2n) is 4.21. The Labute approximate surface area is 123 Å². The van der Waals surface area contributed by atoms with E-state index in [2.05, 4.69) is 15.9 Å². The summed E-state index contributed by atoms with van der Waals surface area (Å²) in [4.78, 5) is 11.4. The van der Waals surface area contributed by atoms with Crippen molar-refractivity contribution in [2.75, 3.05) is 5.32 Å². The third-order valence-electron chi connectivity index (χ3n) is 2.53. The zero-order valence-electron chi connectivity index (χ0n) is 10.2. The van der Waals surface area contributed by atoms with Gasteiger partial charge in [-0.2, -0.15) is 26.3 Å². The minimum absolute atomic E-state index is 0.0235. The molecule has 0 heterocycles. The Morgan fingerprint density at radius 2 is 1.71 bits per heavy atom. The molecule has 1 rings (SSSR count). The normalized spacial score (nSPS) is 15.5. The van der Waals surface area contributed by atoms with Crippen LogP contribution in [0.25, 0.3) is 0 Å². The van der Waals surface area contributed by atoms with Gasteiger partial charge in [0.1, 0.15) is 0 Å². The lowest BCUT2D eigenvalue weighted by Gasteiger charge is -2.25. The third kappa shape index (κ3) is 3.88. The summed E-state index contributed by atoms with van der Waals surface area (Å²) in [6.07, 6.45) is -10.2. The van der Waals surface area contributed by atoms with Crippen LogP contribution in [-0.2, 0) is 11.0 Å². The molecule has 0 aliphatic heterocycles. The summed E-state index contributed by atoms with van der Waals surface area (Å²) in [5.74, 6) is -2.01. The van der Waals surface area contributed by atoms with Crippen LogP contribution >= 0.6 is 15.9 Å². The number of alkyl halides is 6. The van der Waals surface area contributed by atoms with E-state index in [1.807, 2.05) is 0 Å². The molecule has 0 saturated heterocycles. The summed E-state index contributed by atoms with van der Waals surface area (Å²) >= 11 is 2.78. The zero-order valence-corrected chi connectivity index (χ0v) is 11.8. The summed E-state index contributed by atoms with van der Waals surface area (Å²) in [7, 11) is 0. The number of rotatable bonds is 2. The molecule has 0 aromatic heterocycles. The second kappa shape index (κ2) is 5.48. The fourth-order valence-corrected chi connectivity index (χ4v) is 1.59. The van der Waals surface area contributed by atoms with Gasteiger partial charge in [0.25, 0.3) is 5.91 Å². The van der Waals surface area contributed by atoms with E-state index in [0.29, 0.717) is 6.07 Å². The minimum atomic E-state index is -5.33. The molecule has 0 aliphatic rings. The summed E-state index contributed by atoms with van der Waals surface area (Å²) in [6, 6.07) is 2.47. The van der Waals surface area contributed by atoms with Gasteiger partial charge in [0.2, 0.25) is 5.60 Å². The smallest absolute Gasteiger partial charge is 0.373 e. The Morgan fingerprint density at radius 3 is 2.14 bits per heavy atom. The molecule has 0 fully saturated rings. The van der Waals surface area contributed by atoms with E-state index in [9.17, 15) is 31.1 Å². The zero-order chi connectivity index (χ0) is 16.6. The van der Waals surface area contributed by atoms with Crippen LogP contribution in [0.1, 0.15) is 12.5 Å². The maximum atomic E-state index is 12.8. The van der Waals surface area contributed by atoms with Crippen LogP contribution in [0, 0.1) is 0 Å². The largest absolute Gasteiger partial charge is 0.426 e.